The molecular weight excluding hydrogens is 274 g/mol. The monoisotopic (exact) mass is 297 g/mol. The Labute approximate surface area is 132 Å². The lowest BCUT2D eigenvalue weighted by atomic mass is 10.1. The smallest absolute Gasteiger partial charge is 0.243 e. The van der Waals surface area contributed by atoms with Crippen molar-refractivity contribution in [3.05, 3.63) is 53.6 Å². The quantitative estimate of drug-likeness (QED) is 0.889. The van der Waals surface area contributed by atoms with Crippen LogP contribution in [0.2, 0.25) is 0 Å². The van der Waals surface area contributed by atoms with Gasteiger partial charge in [0.25, 0.3) is 0 Å². The summed E-state index contributed by atoms with van der Waals surface area (Å²) in [6.07, 6.45) is 0. The lowest BCUT2D eigenvalue weighted by Gasteiger charge is -2.13. The van der Waals surface area contributed by atoms with Gasteiger partial charge in [0.1, 0.15) is 0 Å². The molecule has 0 radical (unpaired) electrons. The van der Waals surface area contributed by atoms with Gasteiger partial charge in [0.15, 0.2) is 0 Å². The number of nitrogens with one attached hydrogen (secondary N) is 2. The molecule has 116 valence electrons. The highest BCUT2D eigenvalue weighted by molar-refractivity contribution is 5.93. The summed E-state index contributed by atoms with van der Waals surface area (Å²) in [5.74, 6) is -0.0594. The Morgan fingerprint density at radius 2 is 1.59 bits per heavy atom. The molecule has 0 saturated carbocycles. The number of nitrogens with zero attached hydrogens (tertiary/aromatic N) is 1. The molecule has 0 spiro atoms. The van der Waals surface area contributed by atoms with E-state index < -0.39 is 0 Å². The summed E-state index contributed by atoms with van der Waals surface area (Å²) in [5, 5.41) is 6.03. The standard InChI is InChI=1S/C18H23N3O/c1-13-5-6-16(11-14(13)2)19-12-18(22)20-15-7-9-17(10-8-15)21(3)4/h5-11,19H,12H2,1-4H3,(H,20,22). The van der Waals surface area contributed by atoms with E-state index in [1.165, 1.54) is 11.1 Å². The Hall–Kier alpha value is -2.49. The van der Waals surface area contributed by atoms with Crippen molar-refractivity contribution in [2.24, 2.45) is 0 Å². The molecular formula is C18H23N3O. The maximum atomic E-state index is 12.0. The van der Waals surface area contributed by atoms with Crippen molar-refractivity contribution in [2.45, 2.75) is 13.8 Å². The first-order valence-corrected chi connectivity index (χ1v) is 7.34. The first-order valence-electron chi connectivity index (χ1n) is 7.34. The van der Waals surface area contributed by atoms with E-state index in [9.17, 15) is 4.79 Å². The molecule has 1 amide bonds. The minimum atomic E-state index is -0.0594. The van der Waals surface area contributed by atoms with Gasteiger partial charge in [-0.2, -0.15) is 0 Å². The largest absolute Gasteiger partial charge is 0.378 e. The van der Waals surface area contributed by atoms with Gasteiger partial charge in [0.05, 0.1) is 6.54 Å². The maximum Gasteiger partial charge on any atom is 0.243 e. The third-order valence-electron chi connectivity index (χ3n) is 3.63. The number of hydrogen-bond donors (Lipinski definition) is 2. The van der Waals surface area contributed by atoms with Gasteiger partial charge in [-0.15, -0.1) is 0 Å². The van der Waals surface area contributed by atoms with E-state index >= 15 is 0 Å². The minimum absolute atomic E-state index is 0.0594. The van der Waals surface area contributed by atoms with E-state index in [0.717, 1.165) is 17.1 Å². The average molecular weight is 297 g/mol. The van der Waals surface area contributed by atoms with Crippen molar-refractivity contribution in [1.29, 1.82) is 0 Å². The van der Waals surface area contributed by atoms with Gasteiger partial charge in [0, 0.05) is 31.2 Å². The SMILES string of the molecule is Cc1ccc(NCC(=O)Nc2ccc(N(C)C)cc2)cc1C. The Balaban J connectivity index is 1.88. The molecule has 22 heavy (non-hydrogen) atoms. The summed E-state index contributed by atoms with van der Waals surface area (Å²) in [6, 6.07) is 13.9. The first-order chi connectivity index (χ1) is 10.5. The third-order valence-corrected chi connectivity index (χ3v) is 3.63. The summed E-state index contributed by atoms with van der Waals surface area (Å²) in [7, 11) is 3.97. The van der Waals surface area contributed by atoms with Crippen molar-refractivity contribution in [3.8, 4) is 0 Å². The zero-order valence-corrected chi connectivity index (χ0v) is 13.6. The fourth-order valence-electron chi connectivity index (χ4n) is 2.08. The number of carbonyl (C=O) groups excluding carboxylic acids is 1. The van der Waals surface area contributed by atoms with Crippen LogP contribution < -0.4 is 15.5 Å². The molecule has 2 N–H and O–H groups in total. The van der Waals surface area contributed by atoms with E-state index in [-0.39, 0.29) is 12.5 Å². The lowest BCUT2D eigenvalue weighted by molar-refractivity contribution is -0.114. The molecule has 0 unspecified atom stereocenters. The Kier molecular flexibility index (Phi) is 5.04. The molecule has 2 aromatic carbocycles. The van der Waals surface area contributed by atoms with Gasteiger partial charge < -0.3 is 15.5 Å². The molecule has 4 nitrogen and oxygen atoms in total. The highest BCUT2D eigenvalue weighted by Gasteiger charge is 2.03. The van der Waals surface area contributed by atoms with Gasteiger partial charge in [-0.1, -0.05) is 6.07 Å². The molecule has 2 rings (SSSR count). The number of hydrogen-bond acceptors (Lipinski definition) is 3. The van der Waals surface area contributed by atoms with Gasteiger partial charge in [-0.25, -0.2) is 0 Å². The van der Waals surface area contributed by atoms with Gasteiger partial charge in [-0.3, -0.25) is 4.79 Å². The molecule has 0 aliphatic heterocycles. The van der Waals surface area contributed by atoms with Crippen molar-refractivity contribution in [2.75, 3.05) is 36.2 Å². The molecule has 0 aromatic heterocycles. The number of benzene rings is 2. The number of aryl methyl sites for hydroxylation is 2. The van der Waals surface area contributed by atoms with Crippen LogP contribution in [0, 0.1) is 13.8 Å². The van der Waals surface area contributed by atoms with Gasteiger partial charge >= 0.3 is 0 Å². The van der Waals surface area contributed by atoms with E-state index in [1.807, 2.05) is 49.3 Å². The van der Waals surface area contributed by atoms with Crippen LogP contribution in [0.1, 0.15) is 11.1 Å². The fraction of sp³-hybridized carbons (Fsp3) is 0.278. The molecule has 0 heterocycles. The summed E-state index contributed by atoms with van der Waals surface area (Å²) < 4.78 is 0. The number of amides is 1. The normalized spacial score (nSPS) is 10.2. The van der Waals surface area contributed by atoms with Crippen LogP contribution in [-0.2, 0) is 4.79 Å². The van der Waals surface area contributed by atoms with Crippen LogP contribution >= 0.6 is 0 Å². The van der Waals surface area contributed by atoms with Gasteiger partial charge in [-0.05, 0) is 61.4 Å². The van der Waals surface area contributed by atoms with E-state index in [1.54, 1.807) is 0 Å². The van der Waals surface area contributed by atoms with E-state index in [4.69, 9.17) is 0 Å². The highest BCUT2D eigenvalue weighted by atomic mass is 16.1. The van der Waals surface area contributed by atoms with Crippen LogP contribution in [0.15, 0.2) is 42.5 Å². The Bertz CT molecular complexity index is 648. The van der Waals surface area contributed by atoms with E-state index in [0.29, 0.717) is 0 Å². The number of carbonyl (C=O) groups is 1. The van der Waals surface area contributed by atoms with Crippen molar-refractivity contribution in [1.82, 2.24) is 0 Å². The number of rotatable bonds is 5. The molecule has 0 atom stereocenters. The minimum Gasteiger partial charge on any atom is -0.378 e. The summed E-state index contributed by atoms with van der Waals surface area (Å²) in [6.45, 7) is 4.38. The Morgan fingerprint density at radius 1 is 0.955 bits per heavy atom. The van der Waals surface area contributed by atoms with Crippen molar-refractivity contribution in [3.63, 3.8) is 0 Å². The van der Waals surface area contributed by atoms with Crippen molar-refractivity contribution < 1.29 is 4.79 Å². The zero-order chi connectivity index (χ0) is 16.1. The topological polar surface area (TPSA) is 44.4 Å². The zero-order valence-electron chi connectivity index (χ0n) is 13.6. The molecule has 0 fully saturated rings. The second-order valence-electron chi connectivity index (χ2n) is 5.64. The predicted molar refractivity (Wildman–Crippen MR) is 93.8 cm³/mol. The van der Waals surface area contributed by atoms with Crippen LogP contribution in [0.25, 0.3) is 0 Å². The summed E-state index contributed by atoms with van der Waals surface area (Å²) in [5.41, 5.74) is 5.32. The second-order valence-corrected chi connectivity index (χ2v) is 5.64. The van der Waals surface area contributed by atoms with Crippen molar-refractivity contribution >= 4 is 23.0 Å². The van der Waals surface area contributed by atoms with Gasteiger partial charge in [0.2, 0.25) is 5.91 Å². The molecule has 2 aromatic rings. The van der Waals surface area contributed by atoms with Crippen LogP contribution in [0.4, 0.5) is 17.1 Å². The van der Waals surface area contributed by atoms with Crippen LogP contribution in [-0.4, -0.2) is 26.5 Å². The molecule has 0 aliphatic carbocycles. The maximum absolute atomic E-state index is 12.0. The summed E-state index contributed by atoms with van der Waals surface area (Å²) in [4.78, 5) is 14.0. The lowest BCUT2D eigenvalue weighted by Crippen LogP contribution is -2.21. The number of anilines is 3. The fourth-order valence-corrected chi connectivity index (χ4v) is 2.08. The van der Waals surface area contributed by atoms with Crippen LogP contribution in [0.5, 0.6) is 0 Å². The third kappa shape index (κ3) is 4.25. The molecule has 0 aliphatic rings. The second kappa shape index (κ2) is 6.98. The summed E-state index contributed by atoms with van der Waals surface area (Å²) >= 11 is 0. The molecule has 4 heteroatoms. The highest BCUT2D eigenvalue weighted by Crippen LogP contribution is 2.16. The molecule has 0 saturated heterocycles. The molecule has 0 bridgehead atoms. The van der Waals surface area contributed by atoms with E-state index in [2.05, 4.69) is 36.6 Å². The van der Waals surface area contributed by atoms with Crippen LogP contribution in [0.3, 0.4) is 0 Å². The Morgan fingerprint density at radius 3 is 2.18 bits per heavy atom. The first kappa shape index (κ1) is 15.9. The average Bonchev–Trinajstić information content (AvgIpc) is 2.49. The predicted octanol–water partition coefficient (Wildman–Crippen LogP) is 3.42.